The standard InChI is InChI=1S/C9H7I3N2O3/c1-16-6-2-4-7(5-3-6)17-9(15)13-8(10)14(11)12/h2-5H,1H3. The highest BCUT2D eigenvalue weighted by molar-refractivity contribution is 14.2. The SMILES string of the molecule is COc1ccc(OC(=O)N=C(I)N(I)I)cc1. The van der Waals surface area contributed by atoms with Crippen molar-refractivity contribution >= 4 is 78.3 Å². The third-order valence-corrected chi connectivity index (χ3v) is 5.07. The lowest BCUT2D eigenvalue weighted by atomic mass is 10.3. The summed E-state index contributed by atoms with van der Waals surface area (Å²) < 4.78 is 12.2. The van der Waals surface area contributed by atoms with Gasteiger partial charge < -0.3 is 9.47 Å². The first-order chi connectivity index (χ1) is 8.02. The minimum atomic E-state index is -0.655. The summed E-state index contributed by atoms with van der Waals surface area (Å²) in [7, 11) is 1.57. The van der Waals surface area contributed by atoms with Crippen LogP contribution in [0.1, 0.15) is 0 Å². The number of carbonyl (C=O) groups is 1. The first-order valence-corrected chi connectivity index (χ1v) is 7.25. The van der Waals surface area contributed by atoms with Crippen molar-refractivity contribution in [3.05, 3.63) is 24.3 Å². The topological polar surface area (TPSA) is 51.1 Å². The van der Waals surface area contributed by atoms with Crippen LogP contribution in [0.5, 0.6) is 11.5 Å². The monoisotopic (exact) mass is 572 g/mol. The predicted molar refractivity (Wildman–Crippen MR) is 90.4 cm³/mol. The van der Waals surface area contributed by atoms with Crippen LogP contribution in [0.15, 0.2) is 29.3 Å². The Morgan fingerprint density at radius 3 is 2.24 bits per heavy atom. The van der Waals surface area contributed by atoms with E-state index in [4.69, 9.17) is 9.47 Å². The van der Waals surface area contributed by atoms with E-state index in [0.717, 1.165) is 0 Å². The molecule has 0 aliphatic heterocycles. The molecule has 0 aromatic heterocycles. The molecule has 0 radical (unpaired) electrons. The fraction of sp³-hybridized carbons (Fsp3) is 0.111. The number of benzene rings is 1. The van der Waals surface area contributed by atoms with Crippen LogP contribution < -0.4 is 9.47 Å². The largest absolute Gasteiger partial charge is 0.497 e. The summed E-state index contributed by atoms with van der Waals surface area (Å²) >= 11 is 5.94. The summed E-state index contributed by atoms with van der Waals surface area (Å²) in [5.74, 6) is 1.13. The molecule has 1 amide bonds. The lowest BCUT2D eigenvalue weighted by Gasteiger charge is -2.04. The number of amidine groups is 1. The third-order valence-electron chi connectivity index (χ3n) is 1.59. The number of methoxy groups -OCH3 is 1. The van der Waals surface area contributed by atoms with Crippen molar-refractivity contribution in [2.75, 3.05) is 7.11 Å². The average Bonchev–Trinajstić information content (AvgIpc) is 2.29. The summed E-state index contributed by atoms with van der Waals surface area (Å²) in [5, 5.41) is 0. The van der Waals surface area contributed by atoms with E-state index in [1.54, 1.807) is 32.7 Å². The number of hydrogen-bond acceptors (Lipinski definition) is 3. The molecule has 0 saturated heterocycles. The van der Waals surface area contributed by atoms with Crippen LogP contribution in [0, 0.1) is 0 Å². The molecule has 5 nitrogen and oxygen atoms in total. The molecule has 92 valence electrons. The summed E-state index contributed by atoms with van der Waals surface area (Å²) in [6, 6.07) is 6.70. The quantitative estimate of drug-likeness (QED) is 0.177. The summed E-state index contributed by atoms with van der Waals surface area (Å²) in [4.78, 5) is 15.1. The molecule has 1 rings (SSSR count). The van der Waals surface area contributed by atoms with Crippen LogP contribution in [-0.2, 0) is 0 Å². The molecule has 0 heterocycles. The molecule has 0 unspecified atom stereocenters. The molecular weight excluding hydrogens is 565 g/mol. The fourth-order valence-corrected chi connectivity index (χ4v) is 1.29. The molecule has 0 spiro atoms. The van der Waals surface area contributed by atoms with E-state index >= 15 is 0 Å². The van der Waals surface area contributed by atoms with Gasteiger partial charge >= 0.3 is 6.09 Å². The lowest BCUT2D eigenvalue weighted by Crippen LogP contribution is -2.08. The van der Waals surface area contributed by atoms with E-state index < -0.39 is 6.09 Å². The smallest absolute Gasteiger partial charge is 0.441 e. The van der Waals surface area contributed by atoms with Crippen LogP contribution in [0.4, 0.5) is 4.79 Å². The van der Waals surface area contributed by atoms with Gasteiger partial charge in [-0.3, -0.25) is 0 Å². The third kappa shape index (κ3) is 5.54. The van der Waals surface area contributed by atoms with E-state index in [2.05, 4.69) is 4.99 Å². The maximum Gasteiger partial charge on any atom is 0.441 e. The van der Waals surface area contributed by atoms with Crippen LogP contribution >= 0.6 is 68.3 Å². The van der Waals surface area contributed by atoms with Crippen molar-refractivity contribution in [3.63, 3.8) is 0 Å². The zero-order chi connectivity index (χ0) is 12.8. The van der Waals surface area contributed by atoms with E-state index in [1.807, 2.05) is 68.3 Å². The number of ether oxygens (including phenoxy) is 2. The number of carbonyl (C=O) groups excluding carboxylic acids is 1. The first kappa shape index (κ1) is 15.2. The van der Waals surface area contributed by atoms with E-state index in [0.29, 0.717) is 15.3 Å². The molecule has 0 bridgehead atoms. The van der Waals surface area contributed by atoms with Gasteiger partial charge in [-0.05, 0) is 24.3 Å². The van der Waals surface area contributed by atoms with E-state index in [9.17, 15) is 4.79 Å². The Balaban J connectivity index is 2.65. The molecule has 0 aliphatic carbocycles. The molecule has 0 atom stereocenters. The van der Waals surface area contributed by atoms with Crippen molar-refractivity contribution in [2.24, 2.45) is 4.99 Å². The van der Waals surface area contributed by atoms with Crippen molar-refractivity contribution in [3.8, 4) is 11.5 Å². The van der Waals surface area contributed by atoms with Gasteiger partial charge in [-0.25, -0.2) is 6.12 Å². The maximum absolute atomic E-state index is 11.4. The molecule has 1 aromatic carbocycles. The minimum absolute atomic E-state index is 0.428. The number of halogens is 3. The lowest BCUT2D eigenvalue weighted by molar-refractivity contribution is 0.211. The maximum atomic E-state index is 11.4. The first-order valence-electron chi connectivity index (χ1n) is 4.24. The fourth-order valence-electron chi connectivity index (χ4n) is 0.881. The average molecular weight is 572 g/mol. The minimum Gasteiger partial charge on any atom is -0.497 e. The Bertz CT molecular complexity index is 420. The zero-order valence-electron chi connectivity index (χ0n) is 8.56. The molecular formula is C9H7I3N2O3. The number of nitrogens with zero attached hydrogens (tertiary/aromatic N) is 2. The second-order valence-corrected chi connectivity index (χ2v) is 7.40. The Labute approximate surface area is 140 Å². The van der Waals surface area contributed by atoms with Crippen molar-refractivity contribution in [1.82, 2.24) is 1.33 Å². The summed E-state index contributed by atoms with van der Waals surface area (Å²) in [6.45, 7) is 0. The van der Waals surface area contributed by atoms with Crippen molar-refractivity contribution in [1.29, 1.82) is 0 Å². The molecule has 8 heteroatoms. The van der Waals surface area contributed by atoms with Gasteiger partial charge in [-0.15, -0.1) is 4.99 Å². The van der Waals surface area contributed by atoms with E-state index in [-0.39, 0.29) is 0 Å². The second kappa shape index (κ2) is 7.56. The summed E-state index contributed by atoms with van der Waals surface area (Å²) in [5.41, 5.74) is 0. The molecule has 0 N–H and O–H groups in total. The summed E-state index contributed by atoms with van der Waals surface area (Å²) in [6.07, 6.45) is -0.655. The van der Waals surface area contributed by atoms with Gasteiger partial charge in [-0.1, -0.05) is 0 Å². The predicted octanol–water partition coefficient (Wildman–Crippen LogP) is 3.99. The van der Waals surface area contributed by atoms with Gasteiger partial charge in [0, 0.05) is 22.6 Å². The van der Waals surface area contributed by atoms with Gasteiger partial charge in [0.15, 0.2) is 3.84 Å². The normalized spacial score (nSPS) is 10.9. The molecule has 0 saturated carbocycles. The van der Waals surface area contributed by atoms with Gasteiger partial charge in [0.2, 0.25) is 0 Å². The van der Waals surface area contributed by atoms with Crippen LogP contribution in [0.2, 0.25) is 0 Å². The zero-order valence-corrected chi connectivity index (χ0v) is 15.0. The van der Waals surface area contributed by atoms with Crippen molar-refractivity contribution < 1.29 is 14.3 Å². The van der Waals surface area contributed by atoms with Crippen molar-refractivity contribution in [2.45, 2.75) is 0 Å². The molecule has 0 aliphatic rings. The molecule has 17 heavy (non-hydrogen) atoms. The number of aliphatic imine (C=N–C) groups is 1. The van der Waals surface area contributed by atoms with Gasteiger partial charge in [-0.2, -0.15) is 0 Å². The van der Waals surface area contributed by atoms with Gasteiger partial charge in [0.1, 0.15) is 11.5 Å². The Kier molecular flexibility index (Phi) is 6.76. The highest BCUT2D eigenvalue weighted by Gasteiger charge is 2.07. The van der Waals surface area contributed by atoms with Crippen LogP contribution in [0.25, 0.3) is 0 Å². The Hall–Kier alpha value is 0.150. The second-order valence-electron chi connectivity index (χ2n) is 2.66. The highest BCUT2D eigenvalue weighted by Crippen LogP contribution is 2.18. The Morgan fingerprint density at radius 2 is 1.76 bits per heavy atom. The Morgan fingerprint density at radius 1 is 1.24 bits per heavy atom. The van der Waals surface area contributed by atoms with Crippen LogP contribution in [-0.4, -0.2) is 18.4 Å². The van der Waals surface area contributed by atoms with E-state index in [1.165, 1.54) is 0 Å². The van der Waals surface area contributed by atoms with Gasteiger partial charge in [0.05, 0.1) is 52.8 Å². The molecule has 1 aromatic rings. The number of rotatable bonds is 2. The number of amides is 1. The number of hydrogen-bond donors (Lipinski definition) is 0. The van der Waals surface area contributed by atoms with Crippen LogP contribution in [0.3, 0.4) is 0 Å². The van der Waals surface area contributed by atoms with Gasteiger partial charge in [0.25, 0.3) is 0 Å². The highest BCUT2D eigenvalue weighted by atomic mass is 127. The molecule has 0 fully saturated rings.